The molecule has 4 aromatic rings. The Bertz CT molecular complexity index is 1570. The summed E-state index contributed by atoms with van der Waals surface area (Å²) in [7, 11) is 1.45. The maximum absolute atomic E-state index is 13.6. The van der Waals surface area contributed by atoms with Crippen LogP contribution in [0.2, 0.25) is 0 Å². The zero-order valence-corrected chi connectivity index (χ0v) is 24.0. The van der Waals surface area contributed by atoms with Gasteiger partial charge in [-0.25, -0.2) is 4.79 Å². The number of carboxylic acids is 1. The molecule has 220 valence electrons. The van der Waals surface area contributed by atoms with E-state index < -0.39 is 35.8 Å². The molecule has 1 heterocycles. The van der Waals surface area contributed by atoms with Crippen molar-refractivity contribution in [3.8, 4) is 22.5 Å². The molecule has 2 N–H and O–H groups in total. The maximum Gasteiger partial charge on any atom is 0.417 e. The third-order valence-electron chi connectivity index (χ3n) is 6.86. The maximum atomic E-state index is 13.6. The molecule has 0 fully saturated rings. The average Bonchev–Trinajstić information content (AvgIpc) is 3.45. The quantitative estimate of drug-likeness (QED) is 0.185. The normalized spacial score (nSPS) is 13.0. The van der Waals surface area contributed by atoms with Crippen molar-refractivity contribution in [2.75, 3.05) is 19.1 Å². The van der Waals surface area contributed by atoms with E-state index in [0.29, 0.717) is 16.9 Å². The van der Waals surface area contributed by atoms with E-state index in [1.54, 1.807) is 24.3 Å². The summed E-state index contributed by atoms with van der Waals surface area (Å²) in [6, 6.07) is 19.6. The van der Waals surface area contributed by atoms with Gasteiger partial charge >= 0.3 is 12.1 Å². The lowest BCUT2D eigenvalue weighted by molar-refractivity contribution is -0.139. The molecule has 0 aliphatic heterocycles. The Morgan fingerprint density at radius 1 is 0.976 bits per heavy atom. The number of furan rings is 1. The standard InChI is InChI=1S/C32H30F3NO5S/c1-19-8-4-5-9-21(19)24-18-20(12-13-22(24)30(37)36-26(31(38)39)16-17-42-3)29(40-2)28-15-14-27(41-28)23-10-6-7-11-25(23)32(33,34)35/h4-15,18,26,29H,16-17H2,1-3H3,(H,36,37)(H,38,39). The Labute approximate surface area is 245 Å². The van der Waals surface area contributed by atoms with E-state index in [2.05, 4.69) is 5.32 Å². The number of nitrogens with one attached hydrogen (secondary N) is 1. The predicted molar refractivity (Wildman–Crippen MR) is 157 cm³/mol. The van der Waals surface area contributed by atoms with Gasteiger partial charge in [0.15, 0.2) is 0 Å². The van der Waals surface area contributed by atoms with Crippen LogP contribution in [0.25, 0.3) is 22.5 Å². The molecule has 3 aromatic carbocycles. The van der Waals surface area contributed by atoms with Crippen LogP contribution in [-0.2, 0) is 15.7 Å². The summed E-state index contributed by atoms with van der Waals surface area (Å²) in [5.74, 6) is -0.770. The van der Waals surface area contributed by atoms with Crippen LogP contribution in [0.5, 0.6) is 0 Å². The lowest BCUT2D eigenvalue weighted by Gasteiger charge is -2.20. The molecule has 0 spiro atoms. The molecule has 2 unspecified atom stereocenters. The molecular formula is C32H30F3NO5S. The third kappa shape index (κ3) is 6.88. The number of thioether (sulfide) groups is 1. The number of halogens is 3. The van der Waals surface area contributed by atoms with Crippen LogP contribution >= 0.6 is 11.8 Å². The molecule has 6 nitrogen and oxygen atoms in total. The van der Waals surface area contributed by atoms with Gasteiger partial charge in [-0.1, -0.05) is 48.5 Å². The summed E-state index contributed by atoms with van der Waals surface area (Å²) >= 11 is 1.49. The topological polar surface area (TPSA) is 88.8 Å². The molecule has 10 heteroatoms. The number of hydrogen-bond acceptors (Lipinski definition) is 5. The predicted octanol–water partition coefficient (Wildman–Crippen LogP) is 7.61. The number of carbonyl (C=O) groups is 2. The van der Waals surface area contributed by atoms with Crippen LogP contribution in [0, 0.1) is 6.92 Å². The average molecular weight is 598 g/mol. The number of carbonyl (C=O) groups excluding carboxylic acids is 1. The van der Waals surface area contributed by atoms with Gasteiger partial charge in [0.05, 0.1) is 5.56 Å². The number of methoxy groups -OCH3 is 1. The fourth-order valence-corrected chi connectivity index (χ4v) is 5.22. The summed E-state index contributed by atoms with van der Waals surface area (Å²) in [5.41, 5.74) is 2.16. The number of benzene rings is 3. The van der Waals surface area contributed by atoms with E-state index in [1.165, 1.54) is 43.1 Å². The van der Waals surface area contributed by atoms with Crippen molar-refractivity contribution in [1.29, 1.82) is 0 Å². The first-order valence-corrected chi connectivity index (χ1v) is 14.5. The second kappa shape index (κ2) is 13.3. The molecular weight excluding hydrogens is 567 g/mol. The Morgan fingerprint density at radius 2 is 1.67 bits per heavy atom. The van der Waals surface area contributed by atoms with Gasteiger partial charge in [-0.05, 0) is 77.9 Å². The number of ether oxygens (including phenoxy) is 1. The van der Waals surface area contributed by atoms with Crippen molar-refractivity contribution in [2.45, 2.75) is 31.7 Å². The van der Waals surface area contributed by atoms with E-state index in [4.69, 9.17) is 9.15 Å². The molecule has 0 bridgehead atoms. The van der Waals surface area contributed by atoms with E-state index in [9.17, 15) is 27.9 Å². The number of amides is 1. The van der Waals surface area contributed by atoms with Crippen molar-refractivity contribution in [3.05, 3.63) is 107 Å². The van der Waals surface area contributed by atoms with Crippen LogP contribution in [-0.4, -0.2) is 42.1 Å². The zero-order valence-electron chi connectivity index (χ0n) is 23.2. The van der Waals surface area contributed by atoms with Gasteiger partial charge in [0.1, 0.15) is 23.7 Å². The van der Waals surface area contributed by atoms with E-state index in [-0.39, 0.29) is 29.1 Å². The number of aliphatic carboxylic acids is 1. The van der Waals surface area contributed by atoms with Crippen LogP contribution < -0.4 is 5.32 Å². The summed E-state index contributed by atoms with van der Waals surface area (Å²) in [4.78, 5) is 25.2. The second-order valence-electron chi connectivity index (χ2n) is 9.63. The van der Waals surface area contributed by atoms with Gasteiger partial charge in [0, 0.05) is 18.2 Å². The van der Waals surface area contributed by atoms with Crippen molar-refractivity contribution >= 4 is 23.6 Å². The van der Waals surface area contributed by atoms with Gasteiger partial charge in [-0.15, -0.1) is 0 Å². The number of carboxylic acid groups (broad SMARTS) is 1. The molecule has 0 aliphatic carbocycles. The Balaban J connectivity index is 1.75. The van der Waals surface area contributed by atoms with E-state index in [1.807, 2.05) is 37.4 Å². The molecule has 1 amide bonds. The first kappa shape index (κ1) is 30.9. The van der Waals surface area contributed by atoms with Crippen molar-refractivity contribution in [2.24, 2.45) is 0 Å². The second-order valence-corrected chi connectivity index (χ2v) is 10.6. The SMILES string of the molecule is COC(c1ccc(C(=O)NC(CCSC)C(=O)O)c(-c2ccccc2C)c1)c1ccc(-c2ccccc2C(F)(F)F)o1. The van der Waals surface area contributed by atoms with E-state index >= 15 is 0 Å². The molecule has 1 aromatic heterocycles. The number of alkyl halides is 3. The molecule has 0 saturated heterocycles. The number of rotatable bonds is 11. The first-order valence-electron chi connectivity index (χ1n) is 13.1. The first-order chi connectivity index (χ1) is 20.0. The summed E-state index contributed by atoms with van der Waals surface area (Å²) in [6.07, 6.45) is -3.23. The van der Waals surface area contributed by atoms with Crippen LogP contribution in [0.1, 0.15) is 45.3 Å². The van der Waals surface area contributed by atoms with Gasteiger partial charge in [0.2, 0.25) is 0 Å². The lowest BCUT2D eigenvalue weighted by atomic mass is 9.92. The minimum atomic E-state index is -4.56. The monoisotopic (exact) mass is 597 g/mol. The van der Waals surface area contributed by atoms with Crippen LogP contribution in [0.3, 0.4) is 0 Å². The summed E-state index contributed by atoms with van der Waals surface area (Å²) in [6.45, 7) is 1.90. The molecule has 42 heavy (non-hydrogen) atoms. The molecule has 0 saturated carbocycles. The summed E-state index contributed by atoms with van der Waals surface area (Å²) < 4.78 is 52.5. The molecule has 0 aliphatic rings. The van der Waals surface area contributed by atoms with Crippen molar-refractivity contribution in [1.82, 2.24) is 5.32 Å². The third-order valence-corrected chi connectivity index (χ3v) is 7.50. The van der Waals surface area contributed by atoms with Gasteiger partial charge in [-0.3, -0.25) is 4.79 Å². The smallest absolute Gasteiger partial charge is 0.417 e. The largest absolute Gasteiger partial charge is 0.480 e. The molecule has 0 radical (unpaired) electrons. The van der Waals surface area contributed by atoms with Crippen molar-refractivity contribution < 1.29 is 37.0 Å². The Kier molecular flexibility index (Phi) is 9.80. The number of hydrogen-bond donors (Lipinski definition) is 2. The zero-order chi connectivity index (χ0) is 30.4. The minimum Gasteiger partial charge on any atom is -0.480 e. The van der Waals surface area contributed by atoms with Crippen molar-refractivity contribution in [3.63, 3.8) is 0 Å². The lowest BCUT2D eigenvalue weighted by Crippen LogP contribution is -2.41. The van der Waals surface area contributed by atoms with Gasteiger partial charge in [0.25, 0.3) is 5.91 Å². The van der Waals surface area contributed by atoms with E-state index in [0.717, 1.165) is 17.2 Å². The fourth-order valence-electron chi connectivity index (χ4n) is 4.75. The Hall–Kier alpha value is -4.02. The van der Waals surface area contributed by atoms with Crippen LogP contribution in [0.4, 0.5) is 13.2 Å². The summed E-state index contributed by atoms with van der Waals surface area (Å²) in [5, 5.41) is 12.3. The molecule has 4 rings (SSSR count). The molecule has 2 atom stereocenters. The highest BCUT2D eigenvalue weighted by Crippen LogP contribution is 2.39. The fraction of sp³-hybridized carbons (Fsp3) is 0.250. The highest BCUT2D eigenvalue weighted by molar-refractivity contribution is 7.98. The van der Waals surface area contributed by atoms with Gasteiger partial charge in [-0.2, -0.15) is 24.9 Å². The van der Waals surface area contributed by atoms with Gasteiger partial charge < -0.3 is 19.6 Å². The highest BCUT2D eigenvalue weighted by Gasteiger charge is 2.34. The number of aryl methyl sites for hydroxylation is 1. The highest BCUT2D eigenvalue weighted by atomic mass is 32.2. The Morgan fingerprint density at radius 3 is 2.31 bits per heavy atom. The minimum absolute atomic E-state index is 0.0417. The van der Waals surface area contributed by atoms with Crippen LogP contribution in [0.15, 0.2) is 83.3 Å².